The number of hydrogen-bond donors (Lipinski definition) is 2. The second kappa shape index (κ2) is 8.68. The highest BCUT2D eigenvalue weighted by Crippen LogP contribution is 2.20. The van der Waals surface area contributed by atoms with Gasteiger partial charge in [-0.25, -0.2) is 0 Å². The van der Waals surface area contributed by atoms with Crippen molar-refractivity contribution in [2.24, 2.45) is 17.6 Å². The molecule has 3 heteroatoms. The molecule has 1 aromatic rings. The van der Waals surface area contributed by atoms with Gasteiger partial charge in [-0.2, -0.15) is 0 Å². The third kappa shape index (κ3) is 5.98. The van der Waals surface area contributed by atoms with E-state index in [-0.39, 0.29) is 0 Å². The minimum Gasteiger partial charge on any atom is -0.330 e. The molecule has 0 aliphatic heterocycles. The van der Waals surface area contributed by atoms with Crippen LogP contribution in [0.1, 0.15) is 42.9 Å². The second-order valence-electron chi connectivity index (χ2n) is 5.41. The molecule has 0 spiro atoms. The SMILES string of the molecule is Cc1ccc(CNCCCC(CCN)C(C)C)s1. The minimum absolute atomic E-state index is 0.758. The molecule has 0 fully saturated rings. The maximum absolute atomic E-state index is 5.66. The Hall–Kier alpha value is -0.380. The van der Waals surface area contributed by atoms with Gasteiger partial charge in [-0.3, -0.25) is 0 Å². The van der Waals surface area contributed by atoms with Crippen molar-refractivity contribution in [3.63, 3.8) is 0 Å². The average molecular weight is 268 g/mol. The van der Waals surface area contributed by atoms with Crippen LogP contribution in [-0.2, 0) is 6.54 Å². The molecule has 0 amide bonds. The predicted molar refractivity (Wildman–Crippen MR) is 82.0 cm³/mol. The van der Waals surface area contributed by atoms with E-state index in [9.17, 15) is 0 Å². The Morgan fingerprint density at radius 3 is 2.61 bits per heavy atom. The Kier molecular flexibility index (Phi) is 7.56. The number of rotatable bonds is 9. The van der Waals surface area contributed by atoms with E-state index in [0.29, 0.717) is 0 Å². The largest absolute Gasteiger partial charge is 0.330 e. The van der Waals surface area contributed by atoms with Crippen LogP contribution < -0.4 is 11.1 Å². The Morgan fingerprint density at radius 1 is 1.28 bits per heavy atom. The second-order valence-corrected chi connectivity index (χ2v) is 6.79. The fraction of sp³-hybridized carbons (Fsp3) is 0.733. The van der Waals surface area contributed by atoms with Crippen LogP contribution in [-0.4, -0.2) is 13.1 Å². The molecule has 3 N–H and O–H groups in total. The Balaban J connectivity index is 2.10. The molecule has 2 nitrogen and oxygen atoms in total. The monoisotopic (exact) mass is 268 g/mol. The van der Waals surface area contributed by atoms with Gasteiger partial charge >= 0.3 is 0 Å². The molecular weight excluding hydrogens is 240 g/mol. The lowest BCUT2D eigenvalue weighted by molar-refractivity contribution is 0.331. The summed E-state index contributed by atoms with van der Waals surface area (Å²) in [6.07, 6.45) is 3.72. The zero-order valence-corrected chi connectivity index (χ0v) is 12.9. The predicted octanol–water partition coefficient (Wildman–Crippen LogP) is 3.55. The van der Waals surface area contributed by atoms with Gasteiger partial charge in [-0.15, -0.1) is 11.3 Å². The van der Waals surface area contributed by atoms with Crippen molar-refractivity contribution in [2.75, 3.05) is 13.1 Å². The van der Waals surface area contributed by atoms with Crippen LogP contribution in [0.3, 0.4) is 0 Å². The molecule has 1 atom stereocenters. The summed E-state index contributed by atoms with van der Waals surface area (Å²) in [6, 6.07) is 4.41. The quantitative estimate of drug-likeness (QED) is 0.672. The molecule has 18 heavy (non-hydrogen) atoms. The molecule has 1 rings (SSSR count). The summed E-state index contributed by atoms with van der Waals surface area (Å²) in [5.41, 5.74) is 5.66. The lowest BCUT2D eigenvalue weighted by Crippen LogP contribution is -2.18. The van der Waals surface area contributed by atoms with Crippen molar-refractivity contribution < 1.29 is 0 Å². The molecule has 0 saturated heterocycles. The van der Waals surface area contributed by atoms with Gasteiger partial charge < -0.3 is 11.1 Å². The van der Waals surface area contributed by atoms with Crippen LogP contribution in [0.4, 0.5) is 0 Å². The average Bonchev–Trinajstić information content (AvgIpc) is 2.73. The topological polar surface area (TPSA) is 38.0 Å². The smallest absolute Gasteiger partial charge is 0.0299 e. The Bertz CT molecular complexity index is 320. The third-order valence-electron chi connectivity index (χ3n) is 3.50. The first-order valence-electron chi connectivity index (χ1n) is 7.09. The van der Waals surface area contributed by atoms with Gasteiger partial charge in [0.05, 0.1) is 0 Å². The molecule has 0 radical (unpaired) electrons. The molecule has 0 aliphatic carbocycles. The maximum Gasteiger partial charge on any atom is 0.0299 e. The van der Waals surface area contributed by atoms with Crippen LogP contribution in [0.25, 0.3) is 0 Å². The van der Waals surface area contributed by atoms with Crippen molar-refractivity contribution in [3.8, 4) is 0 Å². The van der Waals surface area contributed by atoms with Crippen molar-refractivity contribution in [3.05, 3.63) is 21.9 Å². The summed E-state index contributed by atoms with van der Waals surface area (Å²) in [5.74, 6) is 1.55. The highest BCUT2D eigenvalue weighted by molar-refractivity contribution is 7.11. The number of nitrogens with one attached hydrogen (secondary N) is 1. The van der Waals surface area contributed by atoms with E-state index < -0.39 is 0 Å². The zero-order chi connectivity index (χ0) is 13.4. The lowest BCUT2D eigenvalue weighted by atomic mass is 9.88. The van der Waals surface area contributed by atoms with Gasteiger partial charge in [0.2, 0.25) is 0 Å². The number of thiophene rings is 1. The van der Waals surface area contributed by atoms with Crippen LogP contribution in [0, 0.1) is 18.8 Å². The minimum atomic E-state index is 0.758. The molecular formula is C15H28N2S. The first-order chi connectivity index (χ1) is 8.63. The van der Waals surface area contributed by atoms with Crippen molar-refractivity contribution >= 4 is 11.3 Å². The van der Waals surface area contributed by atoms with Crippen LogP contribution in [0.5, 0.6) is 0 Å². The fourth-order valence-corrected chi connectivity index (χ4v) is 3.17. The molecule has 0 aromatic carbocycles. The van der Waals surface area contributed by atoms with Crippen molar-refractivity contribution in [1.82, 2.24) is 5.32 Å². The standard InChI is InChI=1S/C15H28N2S/c1-12(2)14(8-9-16)5-4-10-17-11-15-7-6-13(3)18-15/h6-7,12,14,17H,4-5,8-11,16H2,1-3H3. The molecule has 1 heterocycles. The summed E-state index contributed by atoms with van der Waals surface area (Å²) in [6.45, 7) is 9.73. The first kappa shape index (κ1) is 15.7. The van der Waals surface area contributed by atoms with E-state index in [1.54, 1.807) is 0 Å². The number of nitrogens with two attached hydrogens (primary N) is 1. The van der Waals surface area contributed by atoms with Gasteiger partial charge in [-0.1, -0.05) is 13.8 Å². The maximum atomic E-state index is 5.66. The molecule has 0 saturated carbocycles. The lowest BCUT2D eigenvalue weighted by Gasteiger charge is -2.19. The van der Waals surface area contributed by atoms with Gasteiger partial charge in [0.15, 0.2) is 0 Å². The van der Waals surface area contributed by atoms with Crippen LogP contribution >= 0.6 is 11.3 Å². The van der Waals surface area contributed by atoms with Gasteiger partial charge in [0.25, 0.3) is 0 Å². The van der Waals surface area contributed by atoms with Gasteiger partial charge in [0, 0.05) is 16.3 Å². The normalized spacial score (nSPS) is 13.2. The van der Waals surface area contributed by atoms with E-state index in [1.165, 1.54) is 29.0 Å². The van der Waals surface area contributed by atoms with Crippen molar-refractivity contribution in [2.45, 2.75) is 46.6 Å². The zero-order valence-electron chi connectivity index (χ0n) is 12.0. The Morgan fingerprint density at radius 2 is 2.06 bits per heavy atom. The molecule has 0 bridgehead atoms. The Labute approximate surface area is 116 Å². The summed E-state index contributed by atoms with van der Waals surface area (Å²) in [5, 5.41) is 3.53. The summed E-state index contributed by atoms with van der Waals surface area (Å²) >= 11 is 1.89. The molecule has 1 aromatic heterocycles. The number of hydrogen-bond acceptors (Lipinski definition) is 3. The van der Waals surface area contributed by atoms with Gasteiger partial charge in [0.1, 0.15) is 0 Å². The molecule has 1 unspecified atom stereocenters. The van der Waals surface area contributed by atoms with E-state index in [2.05, 4.69) is 38.2 Å². The van der Waals surface area contributed by atoms with Gasteiger partial charge in [-0.05, 0) is 63.2 Å². The summed E-state index contributed by atoms with van der Waals surface area (Å²) in [4.78, 5) is 2.84. The van der Waals surface area contributed by atoms with E-state index in [4.69, 9.17) is 5.73 Å². The third-order valence-corrected chi connectivity index (χ3v) is 4.50. The highest BCUT2D eigenvalue weighted by Gasteiger charge is 2.11. The number of aryl methyl sites for hydroxylation is 1. The van der Waals surface area contributed by atoms with E-state index >= 15 is 0 Å². The first-order valence-corrected chi connectivity index (χ1v) is 7.91. The molecule has 0 aliphatic rings. The van der Waals surface area contributed by atoms with E-state index in [1.807, 2.05) is 11.3 Å². The summed E-state index contributed by atoms with van der Waals surface area (Å²) in [7, 11) is 0. The fourth-order valence-electron chi connectivity index (χ4n) is 2.31. The van der Waals surface area contributed by atoms with Crippen LogP contribution in [0.15, 0.2) is 12.1 Å². The van der Waals surface area contributed by atoms with E-state index in [0.717, 1.165) is 31.5 Å². The summed E-state index contributed by atoms with van der Waals surface area (Å²) < 4.78 is 0. The van der Waals surface area contributed by atoms with Crippen molar-refractivity contribution in [1.29, 1.82) is 0 Å². The van der Waals surface area contributed by atoms with Crippen LogP contribution in [0.2, 0.25) is 0 Å². The molecule has 104 valence electrons. The highest BCUT2D eigenvalue weighted by atomic mass is 32.1.